The third kappa shape index (κ3) is 5.22. The maximum atomic E-state index is 10.9. The Kier molecular flexibility index (Phi) is 9.90. The monoisotopic (exact) mass is 352 g/mol. The summed E-state index contributed by atoms with van der Waals surface area (Å²) in [5.41, 5.74) is -3.96. The number of non-ortho nitro benzene ring substituents is 1. The molecule has 1 rings (SSSR count). The van der Waals surface area contributed by atoms with Crippen molar-refractivity contribution in [3.63, 3.8) is 0 Å². The molecule has 0 aliphatic rings. The molecule has 0 atom stereocenters. The number of hydrogen-bond donors (Lipinski definition) is 1. The molecule has 119 valence electrons. The van der Waals surface area contributed by atoms with Gasteiger partial charge in [0.2, 0.25) is 4.90 Å². The Hall–Kier alpha value is -1.75. The van der Waals surface area contributed by atoms with Crippen LogP contribution in [0.25, 0.3) is 0 Å². The quantitative estimate of drug-likeness (QED) is 0.290. The van der Waals surface area contributed by atoms with E-state index < -0.39 is 46.8 Å². The van der Waals surface area contributed by atoms with Crippen molar-refractivity contribution in [2.45, 2.75) is 4.90 Å². The van der Waals surface area contributed by atoms with Crippen LogP contribution in [-0.4, -0.2) is 68.3 Å². The van der Waals surface area contributed by atoms with Crippen LogP contribution in [0.4, 0.5) is 17.1 Å². The summed E-state index contributed by atoms with van der Waals surface area (Å²) in [7, 11) is -5.30. The van der Waals surface area contributed by atoms with Crippen LogP contribution in [0.2, 0.25) is 0 Å². The molecule has 1 aromatic carbocycles. The Labute approximate surface area is 142 Å². The maximum Gasteiger partial charge on any atom is 0.308 e. The fourth-order valence-electron chi connectivity index (χ4n) is 1.23. The van der Waals surface area contributed by atoms with Crippen molar-refractivity contribution in [3.8, 4) is 0 Å². The average Bonchev–Trinajstić information content (AvgIpc) is 2.25. The molecule has 0 fully saturated rings. The van der Waals surface area contributed by atoms with Gasteiger partial charge in [0.25, 0.3) is 5.69 Å². The zero-order valence-corrected chi connectivity index (χ0v) is 13.4. The van der Waals surface area contributed by atoms with E-state index in [0.29, 0.717) is 0 Å². The van der Waals surface area contributed by atoms with Crippen LogP contribution in [0.3, 0.4) is 0 Å². The third-order valence-corrected chi connectivity index (χ3v) is 2.83. The number of benzene rings is 1. The van der Waals surface area contributed by atoms with Gasteiger partial charge in [-0.3, -0.25) is 34.9 Å². The summed E-state index contributed by atoms with van der Waals surface area (Å²) >= 11 is 0. The van der Waals surface area contributed by atoms with Gasteiger partial charge in [0.05, 0.1) is 26.9 Å². The van der Waals surface area contributed by atoms with Crippen LogP contribution in [0.15, 0.2) is 17.0 Å². The van der Waals surface area contributed by atoms with Gasteiger partial charge in [0.1, 0.15) is 0 Å². The Balaban J connectivity index is -0.00000120. The SMILES string of the molecule is O.O.O=[N+]([O-])c1cc([N+](=O)[O-])c(S(=O)(=O)O)c([N+](=O)[O-])c1.[Na]. The molecular formula is C6H7N3NaO11S. The summed E-state index contributed by atoms with van der Waals surface area (Å²) in [6.45, 7) is 0. The molecular weight excluding hydrogens is 345 g/mol. The average molecular weight is 352 g/mol. The minimum atomic E-state index is -5.30. The number of nitrogens with zero attached hydrogens (tertiary/aromatic N) is 3. The summed E-state index contributed by atoms with van der Waals surface area (Å²) < 4.78 is 30.7. The molecule has 0 saturated heterocycles. The van der Waals surface area contributed by atoms with Gasteiger partial charge in [0, 0.05) is 29.6 Å². The van der Waals surface area contributed by atoms with Crippen molar-refractivity contribution in [3.05, 3.63) is 42.5 Å². The van der Waals surface area contributed by atoms with Gasteiger partial charge in [-0.15, -0.1) is 0 Å². The first-order valence-electron chi connectivity index (χ1n) is 4.14. The van der Waals surface area contributed by atoms with Crippen molar-refractivity contribution in [2.75, 3.05) is 0 Å². The second-order valence-electron chi connectivity index (χ2n) is 3.06. The molecule has 0 saturated carbocycles. The molecule has 1 radical (unpaired) electrons. The van der Waals surface area contributed by atoms with Crippen molar-refractivity contribution < 1.29 is 38.7 Å². The summed E-state index contributed by atoms with van der Waals surface area (Å²) in [5, 5.41) is 31.7. The van der Waals surface area contributed by atoms with Gasteiger partial charge in [-0.05, 0) is 0 Å². The number of nitro groups is 3. The summed E-state index contributed by atoms with van der Waals surface area (Å²) in [5.74, 6) is 0. The van der Waals surface area contributed by atoms with Crippen LogP contribution in [0.5, 0.6) is 0 Å². The van der Waals surface area contributed by atoms with E-state index in [9.17, 15) is 38.8 Å². The minimum Gasteiger partial charge on any atom is -0.412 e. The van der Waals surface area contributed by atoms with E-state index >= 15 is 0 Å². The van der Waals surface area contributed by atoms with Crippen molar-refractivity contribution in [1.82, 2.24) is 0 Å². The molecule has 14 nitrogen and oxygen atoms in total. The zero-order valence-electron chi connectivity index (χ0n) is 10.6. The van der Waals surface area contributed by atoms with Gasteiger partial charge >= 0.3 is 21.5 Å². The molecule has 0 spiro atoms. The van der Waals surface area contributed by atoms with Crippen LogP contribution in [0.1, 0.15) is 0 Å². The van der Waals surface area contributed by atoms with Gasteiger partial charge in [-0.25, -0.2) is 0 Å². The minimum absolute atomic E-state index is 0. The molecule has 5 N–H and O–H groups in total. The molecule has 0 aliphatic carbocycles. The fourth-order valence-corrected chi connectivity index (χ4v) is 2.02. The zero-order chi connectivity index (χ0) is 15.0. The van der Waals surface area contributed by atoms with Gasteiger partial charge < -0.3 is 11.0 Å². The smallest absolute Gasteiger partial charge is 0.308 e. The Morgan fingerprint density at radius 3 is 1.36 bits per heavy atom. The topological polar surface area (TPSA) is 247 Å². The van der Waals surface area contributed by atoms with E-state index in [0.717, 1.165) is 0 Å². The molecule has 0 bridgehead atoms. The molecule has 0 unspecified atom stereocenters. The second kappa shape index (κ2) is 8.63. The van der Waals surface area contributed by atoms with Crippen LogP contribution < -0.4 is 0 Å². The molecule has 0 aliphatic heterocycles. The molecule has 0 aromatic heterocycles. The maximum absolute atomic E-state index is 10.9. The van der Waals surface area contributed by atoms with E-state index in [1.807, 2.05) is 0 Å². The van der Waals surface area contributed by atoms with E-state index in [-0.39, 0.29) is 52.6 Å². The van der Waals surface area contributed by atoms with Crippen LogP contribution >= 0.6 is 0 Å². The number of rotatable bonds is 4. The molecule has 0 amide bonds. The van der Waals surface area contributed by atoms with Crippen molar-refractivity contribution in [2.24, 2.45) is 0 Å². The Bertz CT molecular complexity index is 667. The standard InChI is InChI=1S/C6H3N3O9S.Na.2H2O/c10-7(11)3-1-4(8(12)13)6(19(16,17)18)5(2-3)9(14)15;;;/h1-2H,(H,16,17,18);;2*1H2. The Morgan fingerprint density at radius 2 is 1.18 bits per heavy atom. The van der Waals surface area contributed by atoms with Crippen molar-refractivity contribution >= 4 is 56.7 Å². The number of nitro benzene ring substituents is 3. The molecule has 0 heterocycles. The second-order valence-corrected chi connectivity index (χ2v) is 4.42. The normalized spacial score (nSPS) is 9.50. The predicted octanol–water partition coefficient (Wildman–Crippen LogP) is -1.37. The first kappa shape index (κ1) is 25.2. The summed E-state index contributed by atoms with van der Waals surface area (Å²) in [4.78, 5) is 26.1. The molecule has 16 heteroatoms. The largest absolute Gasteiger partial charge is 0.412 e. The van der Waals surface area contributed by atoms with E-state index in [2.05, 4.69) is 0 Å². The Morgan fingerprint density at radius 1 is 0.864 bits per heavy atom. The van der Waals surface area contributed by atoms with Crippen molar-refractivity contribution in [1.29, 1.82) is 0 Å². The third-order valence-electron chi connectivity index (χ3n) is 1.90. The molecule has 22 heavy (non-hydrogen) atoms. The summed E-state index contributed by atoms with van der Waals surface area (Å²) in [6.07, 6.45) is 0. The van der Waals surface area contributed by atoms with Gasteiger partial charge in [-0.1, -0.05) is 0 Å². The first-order valence-corrected chi connectivity index (χ1v) is 5.58. The van der Waals surface area contributed by atoms with E-state index in [4.69, 9.17) is 4.55 Å². The van der Waals surface area contributed by atoms with E-state index in [1.165, 1.54) is 0 Å². The number of hydrogen-bond acceptors (Lipinski definition) is 8. The van der Waals surface area contributed by atoms with Gasteiger partial charge in [-0.2, -0.15) is 8.42 Å². The first-order chi connectivity index (χ1) is 8.55. The predicted molar refractivity (Wildman–Crippen MR) is 69.2 cm³/mol. The molecule has 1 aromatic rings. The van der Waals surface area contributed by atoms with Gasteiger partial charge in [0.15, 0.2) is 0 Å². The summed E-state index contributed by atoms with van der Waals surface area (Å²) in [6, 6.07) is 0.409. The van der Waals surface area contributed by atoms with Crippen LogP contribution in [-0.2, 0) is 10.1 Å². The van der Waals surface area contributed by atoms with E-state index in [1.54, 1.807) is 0 Å². The van der Waals surface area contributed by atoms with Crippen LogP contribution in [0, 0.1) is 30.3 Å². The fraction of sp³-hybridized carbons (Fsp3) is 0.